The first kappa shape index (κ1) is 19.5. The molecular weight excluding hydrogens is 432 g/mol. The lowest BCUT2D eigenvalue weighted by Crippen LogP contribution is -2.42. The standard InChI is InChI=1S/C15H17BrN2O3S3/c1-15(22-2,14(20)18-21)7-8-17-13(19)11-4-3-9(23-11)10-5-6-12(16)24-10/h3-6,21H,7-8H2,1-2H3,(H,17,19)(H,18,20). The molecule has 1 atom stereocenters. The number of hydrogen-bond donors (Lipinski definition) is 3. The van der Waals surface area contributed by atoms with E-state index in [4.69, 9.17) is 5.21 Å². The van der Waals surface area contributed by atoms with Crippen LogP contribution in [-0.2, 0) is 4.79 Å². The molecule has 3 N–H and O–H groups in total. The number of carbonyl (C=O) groups excluding carboxylic acids is 2. The molecule has 2 rings (SSSR count). The van der Waals surface area contributed by atoms with Crippen molar-refractivity contribution in [2.75, 3.05) is 12.8 Å². The summed E-state index contributed by atoms with van der Waals surface area (Å²) in [7, 11) is 0. The fourth-order valence-electron chi connectivity index (χ4n) is 1.97. The van der Waals surface area contributed by atoms with Crippen LogP contribution in [0, 0.1) is 0 Å². The summed E-state index contributed by atoms with van der Waals surface area (Å²) in [6.45, 7) is 2.08. The lowest BCUT2D eigenvalue weighted by atomic mass is 10.1. The average molecular weight is 449 g/mol. The van der Waals surface area contributed by atoms with Gasteiger partial charge in [-0.2, -0.15) is 0 Å². The van der Waals surface area contributed by atoms with E-state index in [1.54, 1.807) is 36.1 Å². The van der Waals surface area contributed by atoms with Crippen LogP contribution in [0.25, 0.3) is 9.75 Å². The van der Waals surface area contributed by atoms with Crippen LogP contribution in [0.1, 0.15) is 23.0 Å². The summed E-state index contributed by atoms with van der Waals surface area (Å²) in [4.78, 5) is 26.7. The van der Waals surface area contributed by atoms with Gasteiger partial charge in [-0.25, -0.2) is 5.48 Å². The van der Waals surface area contributed by atoms with Crippen molar-refractivity contribution < 1.29 is 14.8 Å². The van der Waals surface area contributed by atoms with Gasteiger partial charge in [0.1, 0.15) is 0 Å². The Bertz CT molecular complexity index is 731. The number of rotatable bonds is 7. The van der Waals surface area contributed by atoms with Crippen molar-refractivity contribution in [3.63, 3.8) is 0 Å². The first-order valence-corrected chi connectivity index (χ1v) is 10.7. The Kier molecular flexibility index (Phi) is 6.88. The number of thiophene rings is 2. The van der Waals surface area contributed by atoms with E-state index in [0.29, 0.717) is 17.8 Å². The van der Waals surface area contributed by atoms with Gasteiger partial charge < -0.3 is 5.32 Å². The molecule has 0 fully saturated rings. The molecule has 0 aliphatic heterocycles. The zero-order valence-corrected chi connectivity index (χ0v) is 17.1. The second-order valence-electron chi connectivity index (χ2n) is 5.15. The smallest absolute Gasteiger partial charge is 0.261 e. The van der Waals surface area contributed by atoms with Gasteiger partial charge in [-0.05, 0) is 59.8 Å². The van der Waals surface area contributed by atoms with Crippen LogP contribution in [0.4, 0.5) is 0 Å². The summed E-state index contributed by atoms with van der Waals surface area (Å²) in [5.74, 6) is -0.624. The van der Waals surface area contributed by atoms with Crippen molar-refractivity contribution >= 4 is 62.2 Å². The molecular formula is C15H17BrN2O3S3. The molecule has 0 saturated heterocycles. The lowest BCUT2D eigenvalue weighted by molar-refractivity contribution is -0.131. The van der Waals surface area contributed by atoms with Gasteiger partial charge in [-0.3, -0.25) is 14.8 Å². The third kappa shape index (κ3) is 4.60. The predicted octanol–water partition coefficient (Wildman–Crippen LogP) is 3.99. The maximum absolute atomic E-state index is 12.2. The first-order valence-electron chi connectivity index (χ1n) is 7.03. The number of nitrogens with one attached hydrogen (secondary N) is 2. The van der Waals surface area contributed by atoms with Crippen LogP contribution in [0.3, 0.4) is 0 Å². The molecule has 0 aromatic carbocycles. The van der Waals surface area contributed by atoms with Gasteiger partial charge in [-0.15, -0.1) is 34.4 Å². The van der Waals surface area contributed by atoms with Crippen LogP contribution in [-0.4, -0.2) is 34.6 Å². The molecule has 0 aliphatic carbocycles. The molecule has 24 heavy (non-hydrogen) atoms. The molecule has 0 radical (unpaired) electrons. The molecule has 130 valence electrons. The second kappa shape index (κ2) is 8.48. The largest absolute Gasteiger partial charge is 0.351 e. The second-order valence-corrected chi connectivity index (χ2v) is 10.0. The van der Waals surface area contributed by atoms with Crippen molar-refractivity contribution in [3.8, 4) is 9.75 Å². The SMILES string of the molecule is CSC(C)(CCNC(=O)c1ccc(-c2ccc(Br)s2)s1)C(=O)NO. The number of amides is 2. The molecule has 1 unspecified atom stereocenters. The van der Waals surface area contributed by atoms with E-state index in [1.165, 1.54) is 23.1 Å². The van der Waals surface area contributed by atoms with E-state index >= 15 is 0 Å². The van der Waals surface area contributed by atoms with Crippen LogP contribution in [0.2, 0.25) is 0 Å². The number of hydroxylamine groups is 1. The number of halogens is 1. The molecule has 5 nitrogen and oxygen atoms in total. The van der Waals surface area contributed by atoms with Crippen LogP contribution in [0.5, 0.6) is 0 Å². The van der Waals surface area contributed by atoms with Gasteiger partial charge in [0.05, 0.1) is 13.4 Å². The highest BCUT2D eigenvalue weighted by Crippen LogP contribution is 2.35. The number of hydrogen-bond acceptors (Lipinski definition) is 6. The molecule has 0 saturated carbocycles. The van der Waals surface area contributed by atoms with Gasteiger partial charge in [-0.1, -0.05) is 0 Å². The van der Waals surface area contributed by atoms with Crippen LogP contribution < -0.4 is 10.8 Å². The first-order chi connectivity index (χ1) is 11.4. The Hall–Kier alpha value is -0.870. The maximum Gasteiger partial charge on any atom is 0.261 e. The fourth-order valence-corrected chi connectivity index (χ4v) is 4.90. The molecule has 0 spiro atoms. The zero-order chi connectivity index (χ0) is 17.7. The third-order valence-electron chi connectivity index (χ3n) is 3.57. The summed E-state index contributed by atoms with van der Waals surface area (Å²) in [6, 6.07) is 7.73. The number of thioether (sulfide) groups is 1. The summed E-state index contributed by atoms with van der Waals surface area (Å²) in [5.41, 5.74) is 1.68. The van der Waals surface area contributed by atoms with Gasteiger partial charge in [0.25, 0.3) is 11.8 Å². The number of carbonyl (C=O) groups is 2. The molecule has 2 amide bonds. The summed E-state index contributed by atoms with van der Waals surface area (Å²) < 4.78 is 0.265. The minimum Gasteiger partial charge on any atom is -0.351 e. The lowest BCUT2D eigenvalue weighted by Gasteiger charge is -2.24. The third-order valence-corrected chi connectivity index (χ3v) is 7.76. The minimum atomic E-state index is -0.786. The monoisotopic (exact) mass is 448 g/mol. The Morgan fingerprint density at radius 1 is 1.25 bits per heavy atom. The van der Waals surface area contributed by atoms with Crippen molar-refractivity contribution in [3.05, 3.63) is 32.9 Å². The average Bonchev–Trinajstić information content (AvgIpc) is 3.22. The topological polar surface area (TPSA) is 78.4 Å². The van der Waals surface area contributed by atoms with E-state index in [0.717, 1.165) is 13.5 Å². The van der Waals surface area contributed by atoms with Crippen molar-refractivity contribution in [2.45, 2.75) is 18.1 Å². The quantitative estimate of drug-likeness (QED) is 0.441. The van der Waals surface area contributed by atoms with Gasteiger partial charge in [0.2, 0.25) is 0 Å². The summed E-state index contributed by atoms with van der Waals surface area (Å²) in [5, 5.41) is 11.6. The summed E-state index contributed by atoms with van der Waals surface area (Å²) in [6.07, 6.45) is 2.21. The molecule has 2 aromatic heterocycles. The van der Waals surface area contributed by atoms with E-state index in [2.05, 4.69) is 21.2 Å². The van der Waals surface area contributed by atoms with E-state index in [-0.39, 0.29) is 5.91 Å². The van der Waals surface area contributed by atoms with Gasteiger partial charge in [0, 0.05) is 16.3 Å². The van der Waals surface area contributed by atoms with Crippen molar-refractivity contribution in [2.24, 2.45) is 0 Å². The normalized spacial score (nSPS) is 13.3. The van der Waals surface area contributed by atoms with E-state index in [9.17, 15) is 9.59 Å². The van der Waals surface area contributed by atoms with Gasteiger partial charge >= 0.3 is 0 Å². The van der Waals surface area contributed by atoms with Crippen molar-refractivity contribution in [1.82, 2.24) is 10.8 Å². The van der Waals surface area contributed by atoms with E-state index in [1.807, 2.05) is 18.2 Å². The maximum atomic E-state index is 12.2. The van der Waals surface area contributed by atoms with Crippen LogP contribution in [0.15, 0.2) is 28.1 Å². The Morgan fingerprint density at radius 3 is 2.50 bits per heavy atom. The molecule has 9 heteroatoms. The Labute approximate surface area is 160 Å². The molecule has 2 heterocycles. The predicted molar refractivity (Wildman–Crippen MR) is 104 cm³/mol. The highest BCUT2D eigenvalue weighted by atomic mass is 79.9. The van der Waals surface area contributed by atoms with Crippen LogP contribution >= 0.6 is 50.4 Å². The van der Waals surface area contributed by atoms with Crippen molar-refractivity contribution in [1.29, 1.82) is 0 Å². The fraction of sp³-hybridized carbons (Fsp3) is 0.333. The zero-order valence-electron chi connectivity index (χ0n) is 13.1. The molecule has 0 aliphatic rings. The highest BCUT2D eigenvalue weighted by Gasteiger charge is 2.31. The Morgan fingerprint density at radius 2 is 1.92 bits per heavy atom. The van der Waals surface area contributed by atoms with E-state index < -0.39 is 10.7 Å². The highest BCUT2D eigenvalue weighted by molar-refractivity contribution is 9.11. The summed E-state index contributed by atoms with van der Waals surface area (Å²) >= 11 is 7.82. The Balaban J connectivity index is 1.94. The minimum absolute atomic E-state index is 0.158. The molecule has 2 aromatic rings. The molecule has 0 bridgehead atoms. The van der Waals surface area contributed by atoms with Gasteiger partial charge in [0.15, 0.2) is 0 Å².